The third-order valence-corrected chi connectivity index (χ3v) is 5.72. The van der Waals surface area contributed by atoms with Gasteiger partial charge in [0.05, 0.1) is 19.1 Å². The first kappa shape index (κ1) is 23.6. The summed E-state index contributed by atoms with van der Waals surface area (Å²) < 4.78 is 7.96. The number of aromatic nitrogens is 3. The van der Waals surface area contributed by atoms with Crippen LogP contribution < -0.4 is 10.2 Å². The number of hydrogen-bond donors (Lipinski definition) is 2. The third-order valence-electron chi connectivity index (χ3n) is 4.22. The Morgan fingerprint density at radius 1 is 1.31 bits per heavy atom. The van der Waals surface area contributed by atoms with Crippen LogP contribution in [0.2, 0.25) is 0 Å². The lowest BCUT2D eigenvalue weighted by molar-refractivity contribution is -0.118. The molecule has 10 heteroatoms. The number of phenols is 1. The number of halogens is 1. The second-order valence-corrected chi connectivity index (χ2v) is 8.69. The number of allylic oxidation sites excluding steroid dienone is 1. The zero-order valence-corrected chi connectivity index (χ0v) is 20.0. The number of nitrogens with zero attached hydrogens (tertiary/aromatic N) is 4. The molecule has 0 saturated carbocycles. The molecule has 2 N–H and O–H groups in total. The lowest BCUT2D eigenvalue weighted by Crippen LogP contribution is -2.20. The molecule has 3 rings (SSSR count). The smallest absolute Gasteiger partial charge is 0.250 e. The Labute approximate surface area is 198 Å². The van der Waals surface area contributed by atoms with Crippen LogP contribution in [-0.4, -0.2) is 44.9 Å². The number of carbonyl (C=O) groups excluding carboxylic acids is 1. The van der Waals surface area contributed by atoms with E-state index in [1.54, 1.807) is 18.2 Å². The summed E-state index contributed by atoms with van der Waals surface area (Å²) in [5, 5.41) is 23.1. The second-order valence-electron chi connectivity index (χ2n) is 6.84. The topological polar surface area (TPSA) is 102 Å². The van der Waals surface area contributed by atoms with Crippen molar-refractivity contribution in [1.82, 2.24) is 20.2 Å². The average molecular weight is 516 g/mol. The SMILES string of the molecule is C=C(C)Cn1c(SCC(=O)N/N=C/c2cccc(OC)c2O)nnc1-c1ccc(Br)cc1. The van der Waals surface area contributed by atoms with E-state index >= 15 is 0 Å². The summed E-state index contributed by atoms with van der Waals surface area (Å²) in [6, 6.07) is 12.8. The maximum absolute atomic E-state index is 12.2. The predicted octanol–water partition coefficient (Wildman–Crippen LogP) is 4.24. The van der Waals surface area contributed by atoms with Crippen LogP contribution in [0.1, 0.15) is 12.5 Å². The van der Waals surface area contributed by atoms with E-state index in [0.717, 1.165) is 15.6 Å². The molecule has 0 fully saturated rings. The van der Waals surface area contributed by atoms with Crippen LogP contribution in [0.25, 0.3) is 11.4 Å². The minimum Gasteiger partial charge on any atom is -0.504 e. The molecule has 8 nitrogen and oxygen atoms in total. The maximum atomic E-state index is 12.2. The summed E-state index contributed by atoms with van der Waals surface area (Å²) >= 11 is 4.69. The van der Waals surface area contributed by atoms with Gasteiger partial charge >= 0.3 is 0 Å². The molecular formula is C22H22BrN5O3S. The van der Waals surface area contributed by atoms with Gasteiger partial charge in [-0.3, -0.25) is 9.36 Å². The van der Waals surface area contributed by atoms with Crippen LogP contribution in [0.5, 0.6) is 11.5 Å². The van der Waals surface area contributed by atoms with Gasteiger partial charge in [-0.05, 0) is 31.2 Å². The van der Waals surface area contributed by atoms with Crippen LogP contribution in [0.4, 0.5) is 0 Å². The van der Waals surface area contributed by atoms with E-state index in [9.17, 15) is 9.90 Å². The lowest BCUT2D eigenvalue weighted by Gasteiger charge is -2.10. The Morgan fingerprint density at radius 3 is 2.75 bits per heavy atom. The zero-order valence-electron chi connectivity index (χ0n) is 17.6. The van der Waals surface area contributed by atoms with Crippen LogP contribution in [0.3, 0.4) is 0 Å². The highest BCUT2D eigenvalue weighted by atomic mass is 79.9. The summed E-state index contributed by atoms with van der Waals surface area (Å²) in [5.74, 6) is 0.763. The highest BCUT2D eigenvalue weighted by molar-refractivity contribution is 9.10. The van der Waals surface area contributed by atoms with E-state index in [0.29, 0.717) is 28.8 Å². The molecule has 1 amide bonds. The highest BCUT2D eigenvalue weighted by Gasteiger charge is 2.16. The molecule has 1 aromatic heterocycles. The van der Waals surface area contributed by atoms with Gasteiger partial charge in [-0.2, -0.15) is 5.10 Å². The molecule has 0 unspecified atom stereocenters. The number of para-hydroxylation sites is 1. The first-order valence-electron chi connectivity index (χ1n) is 9.53. The maximum Gasteiger partial charge on any atom is 0.250 e. The van der Waals surface area contributed by atoms with Gasteiger partial charge < -0.3 is 9.84 Å². The lowest BCUT2D eigenvalue weighted by atomic mass is 10.2. The standard InChI is InChI=1S/C22H22BrN5O3S/c1-14(2)12-28-21(15-7-9-17(23)10-8-15)26-27-22(28)32-13-19(29)25-24-11-16-5-4-6-18(31-3)20(16)30/h4-11,30H,1,12-13H2,2-3H3,(H,25,29)/b24-11+. The number of aromatic hydroxyl groups is 1. The van der Waals surface area contributed by atoms with E-state index in [4.69, 9.17) is 4.74 Å². The monoisotopic (exact) mass is 515 g/mol. The fourth-order valence-corrected chi connectivity index (χ4v) is 3.76. The Kier molecular flexibility index (Phi) is 8.07. The summed E-state index contributed by atoms with van der Waals surface area (Å²) in [7, 11) is 1.46. The second kappa shape index (κ2) is 11.0. The number of thioether (sulfide) groups is 1. The van der Waals surface area contributed by atoms with Gasteiger partial charge in [0.2, 0.25) is 0 Å². The van der Waals surface area contributed by atoms with Crippen molar-refractivity contribution in [2.75, 3.05) is 12.9 Å². The number of amides is 1. The van der Waals surface area contributed by atoms with Crippen molar-refractivity contribution in [2.45, 2.75) is 18.6 Å². The fourth-order valence-electron chi connectivity index (χ4n) is 2.76. The van der Waals surface area contributed by atoms with Crippen LogP contribution >= 0.6 is 27.7 Å². The molecule has 0 aliphatic rings. The fraction of sp³-hybridized carbons (Fsp3) is 0.182. The van der Waals surface area contributed by atoms with Gasteiger partial charge in [0.25, 0.3) is 5.91 Å². The normalized spacial score (nSPS) is 11.0. The molecule has 32 heavy (non-hydrogen) atoms. The molecule has 0 spiro atoms. The number of benzene rings is 2. The number of nitrogens with one attached hydrogen (secondary N) is 1. The van der Waals surface area contributed by atoms with Crippen molar-refractivity contribution in [1.29, 1.82) is 0 Å². The Bertz CT molecular complexity index is 1140. The van der Waals surface area contributed by atoms with Gasteiger partial charge in [0.1, 0.15) is 0 Å². The van der Waals surface area contributed by atoms with Crippen molar-refractivity contribution < 1.29 is 14.6 Å². The first-order valence-corrected chi connectivity index (χ1v) is 11.3. The van der Waals surface area contributed by atoms with Crippen LogP contribution in [0, 0.1) is 0 Å². The number of phenolic OH excluding ortho intramolecular Hbond substituents is 1. The number of hydrogen-bond acceptors (Lipinski definition) is 7. The molecular weight excluding hydrogens is 494 g/mol. The minimum absolute atomic E-state index is 0.0456. The Morgan fingerprint density at radius 2 is 2.06 bits per heavy atom. The van der Waals surface area contributed by atoms with E-state index in [1.165, 1.54) is 25.1 Å². The zero-order chi connectivity index (χ0) is 23.1. The summed E-state index contributed by atoms with van der Waals surface area (Å²) in [4.78, 5) is 12.2. The number of methoxy groups -OCH3 is 1. The van der Waals surface area contributed by atoms with Crippen molar-refractivity contribution in [3.05, 3.63) is 64.7 Å². The van der Waals surface area contributed by atoms with E-state index < -0.39 is 0 Å². The predicted molar refractivity (Wildman–Crippen MR) is 129 cm³/mol. The average Bonchev–Trinajstić information content (AvgIpc) is 3.15. The Hall–Kier alpha value is -3.11. The molecule has 1 heterocycles. The summed E-state index contributed by atoms with van der Waals surface area (Å²) in [6.45, 7) is 6.45. The Balaban J connectivity index is 1.66. The molecule has 166 valence electrons. The van der Waals surface area contributed by atoms with Gasteiger partial charge in [0.15, 0.2) is 22.5 Å². The van der Waals surface area contributed by atoms with Crippen molar-refractivity contribution in [3.8, 4) is 22.9 Å². The van der Waals surface area contributed by atoms with E-state index in [-0.39, 0.29) is 17.4 Å². The highest BCUT2D eigenvalue weighted by Crippen LogP contribution is 2.28. The third kappa shape index (κ3) is 5.98. The molecule has 0 bridgehead atoms. The van der Waals surface area contributed by atoms with Crippen LogP contribution in [0.15, 0.2) is 69.3 Å². The molecule has 0 saturated heterocycles. The molecule has 0 radical (unpaired) electrons. The minimum atomic E-state index is -0.316. The molecule has 3 aromatic rings. The van der Waals surface area contributed by atoms with Crippen LogP contribution in [-0.2, 0) is 11.3 Å². The van der Waals surface area contributed by atoms with Gasteiger partial charge in [-0.1, -0.05) is 58.0 Å². The van der Waals surface area contributed by atoms with Gasteiger partial charge in [-0.15, -0.1) is 10.2 Å². The molecule has 0 atom stereocenters. The summed E-state index contributed by atoms with van der Waals surface area (Å²) in [5.41, 5.74) is 4.74. The van der Waals surface area contributed by atoms with E-state index in [2.05, 4.69) is 43.2 Å². The number of carbonyl (C=O) groups is 1. The molecule has 0 aliphatic heterocycles. The number of ether oxygens (including phenoxy) is 1. The van der Waals surface area contributed by atoms with Gasteiger partial charge in [0, 0.05) is 22.1 Å². The number of rotatable bonds is 9. The van der Waals surface area contributed by atoms with Crippen molar-refractivity contribution in [3.63, 3.8) is 0 Å². The van der Waals surface area contributed by atoms with Crippen molar-refractivity contribution in [2.24, 2.45) is 5.10 Å². The first-order chi connectivity index (χ1) is 15.4. The largest absolute Gasteiger partial charge is 0.504 e. The van der Waals surface area contributed by atoms with Crippen molar-refractivity contribution >= 4 is 39.8 Å². The summed E-state index contributed by atoms with van der Waals surface area (Å²) in [6.07, 6.45) is 1.36. The van der Waals surface area contributed by atoms with Gasteiger partial charge in [-0.25, -0.2) is 5.43 Å². The van der Waals surface area contributed by atoms with E-state index in [1.807, 2.05) is 35.8 Å². The molecule has 0 aliphatic carbocycles. The number of hydrazone groups is 1. The quantitative estimate of drug-likeness (QED) is 0.191. The molecule has 2 aromatic carbocycles.